The Labute approximate surface area is 215 Å². The lowest BCUT2D eigenvalue weighted by Crippen LogP contribution is -2.36. The highest BCUT2D eigenvalue weighted by atomic mass is 32.2. The van der Waals surface area contributed by atoms with Gasteiger partial charge in [0.15, 0.2) is 0 Å². The molecule has 0 radical (unpaired) electrons. The number of ether oxygens (including phenoxy) is 1. The molecule has 1 fully saturated rings. The van der Waals surface area contributed by atoms with Crippen molar-refractivity contribution in [3.8, 4) is 11.4 Å². The minimum Gasteiger partial charge on any atom is -0.494 e. The van der Waals surface area contributed by atoms with Crippen molar-refractivity contribution in [3.63, 3.8) is 0 Å². The van der Waals surface area contributed by atoms with E-state index in [4.69, 9.17) is 4.74 Å². The molecule has 3 amide bonds. The van der Waals surface area contributed by atoms with Crippen molar-refractivity contribution < 1.29 is 19.1 Å². The number of carbonyl (C=O) groups excluding carboxylic acids is 3. The summed E-state index contributed by atoms with van der Waals surface area (Å²) in [5.74, 6) is -0.219. The number of carbonyl (C=O) groups is 3. The van der Waals surface area contributed by atoms with Gasteiger partial charge < -0.3 is 14.6 Å². The van der Waals surface area contributed by atoms with Gasteiger partial charge in [0, 0.05) is 17.1 Å². The summed E-state index contributed by atoms with van der Waals surface area (Å²) in [6.07, 6.45) is 1.74. The Hall–Kier alpha value is -3.78. The molecule has 2 aromatic carbocycles. The van der Waals surface area contributed by atoms with Crippen LogP contribution in [-0.4, -0.2) is 39.7 Å². The van der Waals surface area contributed by atoms with Gasteiger partial charge in [-0.3, -0.25) is 19.3 Å². The lowest BCUT2D eigenvalue weighted by atomic mass is 10.1. The molecule has 1 aliphatic heterocycles. The number of hydrogen-bond acceptors (Lipinski definition) is 5. The molecule has 0 unspecified atom stereocenters. The number of imide groups is 1. The summed E-state index contributed by atoms with van der Waals surface area (Å²) in [5, 5.41) is 2.26. The average Bonchev–Trinajstić information content (AvgIpc) is 3.25. The van der Waals surface area contributed by atoms with Gasteiger partial charge in [-0.2, -0.15) is 0 Å². The van der Waals surface area contributed by atoms with Crippen molar-refractivity contribution >= 4 is 40.6 Å². The van der Waals surface area contributed by atoms with E-state index in [-0.39, 0.29) is 6.54 Å². The molecule has 1 saturated heterocycles. The predicted octanol–water partition coefficient (Wildman–Crippen LogP) is 5.78. The monoisotopic (exact) mass is 503 g/mol. The molecule has 7 nitrogen and oxygen atoms in total. The van der Waals surface area contributed by atoms with Crippen molar-refractivity contribution in [2.24, 2.45) is 0 Å². The van der Waals surface area contributed by atoms with Crippen LogP contribution >= 0.6 is 11.8 Å². The Bertz CT molecular complexity index is 1350. The standard InChI is InChI=1S/C28H29N3O4S/c1-6-35-23-12-10-22(11-13-23)29-25(32)16-30-27(33)24(36-28(30)34)15-21-14-19(4)31(20(21)5)26-17(2)8-7-9-18(26)3/h7-15H,6,16H2,1-5H3,(H,29,32)/b24-15+. The Morgan fingerprint density at radius 1 is 1.03 bits per heavy atom. The number of amides is 3. The van der Waals surface area contributed by atoms with E-state index in [1.54, 1.807) is 30.3 Å². The zero-order valence-corrected chi connectivity index (χ0v) is 21.9. The number of rotatable bonds is 7. The Morgan fingerprint density at radius 2 is 1.69 bits per heavy atom. The summed E-state index contributed by atoms with van der Waals surface area (Å²) in [4.78, 5) is 39.4. The molecule has 0 bridgehead atoms. The number of anilines is 1. The molecule has 1 N–H and O–H groups in total. The molecule has 8 heteroatoms. The molecular weight excluding hydrogens is 474 g/mol. The number of aromatic nitrogens is 1. The summed E-state index contributed by atoms with van der Waals surface area (Å²) in [5.41, 5.74) is 6.86. The number of nitrogens with one attached hydrogen (secondary N) is 1. The summed E-state index contributed by atoms with van der Waals surface area (Å²) < 4.78 is 7.57. The van der Waals surface area contributed by atoms with E-state index in [0.29, 0.717) is 22.9 Å². The molecule has 1 aromatic heterocycles. The van der Waals surface area contributed by atoms with Crippen LogP contribution in [-0.2, 0) is 9.59 Å². The van der Waals surface area contributed by atoms with Crippen molar-refractivity contribution in [1.82, 2.24) is 9.47 Å². The molecule has 3 aromatic rings. The third-order valence-corrected chi connectivity index (χ3v) is 6.95. The second kappa shape index (κ2) is 10.5. The summed E-state index contributed by atoms with van der Waals surface area (Å²) in [6.45, 7) is 10.3. The maximum absolute atomic E-state index is 13.0. The third kappa shape index (κ3) is 5.09. The smallest absolute Gasteiger partial charge is 0.294 e. The van der Waals surface area contributed by atoms with E-state index >= 15 is 0 Å². The van der Waals surface area contributed by atoms with Gasteiger partial charge in [0.2, 0.25) is 5.91 Å². The fourth-order valence-corrected chi connectivity index (χ4v) is 5.19. The van der Waals surface area contributed by atoms with Crippen LogP contribution in [0.25, 0.3) is 11.8 Å². The first-order valence-electron chi connectivity index (χ1n) is 11.7. The highest BCUT2D eigenvalue weighted by Gasteiger charge is 2.36. The van der Waals surface area contributed by atoms with Crippen molar-refractivity contribution in [2.75, 3.05) is 18.5 Å². The molecule has 186 valence electrons. The second-order valence-corrected chi connectivity index (χ2v) is 9.67. The second-order valence-electron chi connectivity index (χ2n) is 8.68. The summed E-state index contributed by atoms with van der Waals surface area (Å²) >= 11 is 0.851. The lowest BCUT2D eigenvalue weighted by Gasteiger charge is -2.15. The summed E-state index contributed by atoms with van der Waals surface area (Å²) in [7, 11) is 0. The number of para-hydroxylation sites is 1. The van der Waals surface area contributed by atoms with Crippen molar-refractivity contribution in [1.29, 1.82) is 0 Å². The number of nitrogens with zero attached hydrogens (tertiary/aromatic N) is 2. The predicted molar refractivity (Wildman–Crippen MR) is 144 cm³/mol. The quantitative estimate of drug-likeness (QED) is 0.413. The van der Waals surface area contributed by atoms with Gasteiger partial charge in [-0.05, 0) is 99.5 Å². The highest BCUT2D eigenvalue weighted by molar-refractivity contribution is 8.18. The van der Waals surface area contributed by atoms with E-state index in [2.05, 4.69) is 35.9 Å². The van der Waals surface area contributed by atoms with Gasteiger partial charge >= 0.3 is 0 Å². The van der Waals surface area contributed by atoms with Gasteiger partial charge in [0.05, 0.1) is 17.2 Å². The largest absolute Gasteiger partial charge is 0.494 e. The first-order chi connectivity index (χ1) is 17.2. The van der Waals surface area contributed by atoms with Crippen molar-refractivity contribution in [2.45, 2.75) is 34.6 Å². The Morgan fingerprint density at radius 3 is 2.33 bits per heavy atom. The maximum atomic E-state index is 13.0. The Kier molecular flexibility index (Phi) is 7.35. The lowest BCUT2D eigenvalue weighted by molar-refractivity contribution is -0.127. The SMILES string of the molecule is CCOc1ccc(NC(=O)CN2C(=O)S/C(=C/c3cc(C)n(-c4c(C)cccc4C)c3C)C2=O)cc1. The minimum absolute atomic E-state index is 0.302. The van der Waals surface area contributed by atoms with Crippen LogP contribution in [0.1, 0.15) is 35.0 Å². The molecule has 4 rings (SSSR count). The van der Waals surface area contributed by atoms with Crippen LogP contribution in [0.5, 0.6) is 5.75 Å². The average molecular weight is 504 g/mol. The van der Waals surface area contributed by atoms with Crippen LogP contribution in [0.3, 0.4) is 0 Å². The first-order valence-corrected chi connectivity index (χ1v) is 12.5. The number of benzene rings is 2. The molecule has 2 heterocycles. The number of thioether (sulfide) groups is 1. The first kappa shape index (κ1) is 25.3. The van der Waals surface area contributed by atoms with Crippen LogP contribution < -0.4 is 10.1 Å². The van der Waals surface area contributed by atoms with Crippen LogP contribution in [0.4, 0.5) is 10.5 Å². The van der Waals surface area contributed by atoms with E-state index in [1.165, 1.54) is 0 Å². The normalized spacial score (nSPS) is 14.6. The topological polar surface area (TPSA) is 80.6 Å². The number of aryl methyl sites for hydroxylation is 3. The Balaban J connectivity index is 1.51. The van der Waals surface area contributed by atoms with E-state index in [9.17, 15) is 14.4 Å². The molecule has 1 aliphatic rings. The zero-order valence-electron chi connectivity index (χ0n) is 21.0. The van der Waals surface area contributed by atoms with Gasteiger partial charge in [-0.1, -0.05) is 18.2 Å². The van der Waals surface area contributed by atoms with Crippen LogP contribution in [0.15, 0.2) is 53.4 Å². The highest BCUT2D eigenvalue weighted by Crippen LogP contribution is 2.34. The third-order valence-electron chi connectivity index (χ3n) is 6.04. The van der Waals surface area contributed by atoms with Gasteiger partial charge in [0.1, 0.15) is 12.3 Å². The number of hydrogen-bond donors (Lipinski definition) is 1. The minimum atomic E-state index is -0.469. The maximum Gasteiger partial charge on any atom is 0.294 e. The molecule has 36 heavy (non-hydrogen) atoms. The molecule has 0 saturated carbocycles. The molecule has 0 spiro atoms. The summed E-state index contributed by atoms with van der Waals surface area (Å²) in [6, 6.07) is 15.1. The molecule has 0 aliphatic carbocycles. The van der Waals surface area contributed by atoms with Crippen LogP contribution in [0, 0.1) is 27.7 Å². The fraction of sp³-hybridized carbons (Fsp3) is 0.250. The van der Waals surface area contributed by atoms with Gasteiger partial charge in [0.25, 0.3) is 11.1 Å². The zero-order chi connectivity index (χ0) is 26.0. The molecule has 0 atom stereocenters. The van der Waals surface area contributed by atoms with Crippen LogP contribution in [0.2, 0.25) is 0 Å². The van der Waals surface area contributed by atoms with E-state index in [1.807, 2.05) is 32.9 Å². The van der Waals surface area contributed by atoms with E-state index < -0.39 is 17.1 Å². The van der Waals surface area contributed by atoms with E-state index in [0.717, 1.165) is 50.4 Å². The van der Waals surface area contributed by atoms with Gasteiger partial charge in [-0.25, -0.2) is 0 Å². The fourth-order valence-electron chi connectivity index (χ4n) is 4.36. The van der Waals surface area contributed by atoms with Crippen molar-refractivity contribution in [3.05, 3.63) is 81.5 Å². The molecular formula is C28H29N3O4S. The van der Waals surface area contributed by atoms with Gasteiger partial charge in [-0.15, -0.1) is 0 Å².